The second kappa shape index (κ2) is 10.5. The Kier molecular flexibility index (Phi) is 10.9. The molecule has 0 aromatic carbocycles. The Morgan fingerprint density at radius 1 is 0.882 bits per heavy atom. The highest BCUT2D eigenvalue weighted by molar-refractivity contribution is 6.21. The van der Waals surface area contributed by atoms with E-state index in [1.165, 1.54) is 44.9 Å². The van der Waals surface area contributed by atoms with Crippen LogP contribution in [0.1, 0.15) is 72.1 Å². The summed E-state index contributed by atoms with van der Waals surface area (Å²) < 4.78 is 0. The lowest BCUT2D eigenvalue weighted by atomic mass is 9.79. The maximum Gasteiger partial charge on any atom is 0.0291 e. The fourth-order valence-electron chi connectivity index (χ4n) is 2.53. The molecule has 0 aromatic rings. The molecule has 0 nitrogen and oxygen atoms in total. The van der Waals surface area contributed by atoms with E-state index in [1.807, 2.05) is 0 Å². The van der Waals surface area contributed by atoms with Crippen molar-refractivity contribution in [1.29, 1.82) is 0 Å². The van der Waals surface area contributed by atoms with Crippen LogP contribution in [0.25, 0.3) is 0 Å². The van der Waals surface area contributed by atoms with Crippen molar-refractivity contribution in [1.82, 2.24) is 0 Å². The first kappa shape index (κ1) is 17.6. The Morgan fingerprint density at radius 3 is 1.88 bits per heavy atom. The Bertz CT molecular complexity index is 162. The van der Waals surface area contributed by atoms with Crippen LogP contribution in [-0.4, -0.2) is 11.8 Å². The quantitative estimate of drug-likeness (QED) is 0.310. The van der Waals surface area contributed by atoms with E-state index in [-0.39, 0.29) is 5.41 Å². The second-order valence-corrected chi connectivity index (χ2v) is 6.42. The van der Waals surface area contributed by atoms with Crippen molar-refractivity contribution in [3.63, 3.8) is 0 Å². The third kappa shape index (κ3) is 8.32. The summed E-state index contributed by atoms with van der Waals surface area (Å²) in [5, 5.41) is 0. The molecule has 0 N–H and O–H groups in total. The van der Waals surface area contributed by atoms with Crippen molar-refractivity contribution in [2.75, 3.05) is 11.8 Å². The van der Waals surface area contributed by atoms with Gasteiger partial charge in [-0.1, -0.05) is 59.3 Å². The third-order valence-corrected chi connectivity index (χ3v) is 4.60. The summed E-state index contributed by atoms with van der Waals surface area (Å²) in [5.74, 6) is 2.11. The van der Waals surface area contributed by atoms with Gasteiger partial charge in [0.15, 0.2) is 0 Å². The molecule has 104 valence electrons. The molecule has 0 bridgehead atoms. The Hall–Kier alpha value is 0.580. The van der Waals surface area contributed by atoms with Crippen molar-refractivity contribution in [3.8, 4) is 0 Å². The van der Waals surface area contributed by atoms with E-state index in [2.05, 4.69) is 20.8 Å². The standard InChI is InChI=1S/C15H30Cl2/c1-4-5-6-7-8-9-10-15(12-16,13-17)11-14(2)3/h14H,4-13H2,1-3H3. The predicted octanol–water partition coefficient (Wildman–Crippen LogP) is 6.25. The van der Waals surface area contributed by atoms with Gasteiger partial charge in [-0.2, -0.15) is 0 Å². The van der Waals surface area contributed by atoms with Crippen molar-refractivity contribution in [3.05, 3.63) is 0 Å². The highest BCUT2D eigenvalue weighted by Crippen LogP contribution is 2.35. The molecule has 0 unspecified atom stereocenters. The molecule has 0 rings (SSSR count). The summed E-state index contributed by atoms with van der Waals surface area (Å²) in [6.07, 6.45) is 10.4. The van der Waals surface area contributed by atoms with Gasteiger partial charge in [0.25, 0.3) is 0 Å². The molecule has 0 amide bonds. The first-order chi connectivity index (χ1) is 8.10. The van der Waals surface area contributed by atoms with E-state index in [0.29, 0.717) is 17.7 Å². The van der Waals surface area contributed by atoms with Crippen LogP contribution in [0.3, 0.4) is 0 Å². The number of halogens is 2. The van der Waals surface area contributed by atoms with Crippen molar-refractivity contribution in [2.24, 2.45) is 11.3 Å². The molecule has 0 fully saturated rings. The first-order valence-corrected chi connectivity index (χ1v) is 8.29. The van der Waals surface area contributed by atoms with Crippen LogP contribution in [0.2, 0.25) is 0 Å². The van der Waals surface area contributed by atoms with E-state index in [4.69, 9.17) is 23.2 Å². The van der Waals surface area contributed by atoms with E-state index in [1.54, 1.807) is 0 Å². The summed E-state index contributed by atoms with van der Waals surface area (Å²) in [7, 11) is 0. The van der Waals surface area contributed by atoms with Crippen LogP contribution in [0.4, 0.5) is 0 Å². The van der Waals surface area contributed by atoms with Gasteiger partial charge in [-0.25, -0.2) is 0 Å². The molecule has 0 aliphatic rings. The van der Waals surface area contributed by atoms with E-state index >= 15 is 0 Å². The molecule has 0 spiro atoms. The monoisotopic (exact) mass is 280 g/mol. The van der Waals surface area contributed by atoms with Gasteiger partial charge in [0.05, 0.1) is 0 Å². The highest BCUT2D eigenvalue weighted by Gasteiger charge is 2.28. The minimum atomic E-state index is 0.183. The van der Waals surface area contributed by atoms with Crippen molar-refractivity contribution >= 4 is 23.2 Å². The Morgan fingerprint density at radius 2 is 1.41 bits per heavy atom. The van der Waals surface area contributed by atoms with E-state index in [9.17, 15) is 0 Å². The van der Waals surface area contributed by atoms with Crippen molar-refractivity contribution < 1.29 is 0 Å². The number of rotatable bonds is 11. The van der Waals surface area contributed by atoms with Gasteiger partial charge in [0.1, 0.15) is 0 Å². The second-order valence-electron chi connectivity index (χ2n) is 5.88. The smallest absolute Gasteiger partial charge is 0.0291 e. The maximum absolute atomic E-state index is 6.15. The van der Waals surface area contributed by atoms with Crippen LogP contribution in [0, 0.1) is 11.3 Å². The maximum atomic E-state index is 6.15. The molecule has 0 aliphatic heterocycles. The molecule has 0 atom stereocenters. The largest absolute Gasteiger partial charge is 0.126 e. The number of unbranched alkanes of at least 4 members (excludes halogenated alkanes) is 5. The summed E-state index contributed by atoms with van der Waals surface area (Å²) in [4.78, 5) is 0. The topological polar surface area (TPSA) is 0 Å². The first-order valence-electron chi connectivity index (χ1n) is 7.22. The molecule has 0 aliphatic carbocycles. The summed E-state index contributed by atoms with van der Waals surface area (Å²) in [5.41, 5.74) is 0.183. The minimum absolute atomic E-state index is 0.183. The zero-order valence-corrected chi connectivity index (χ0v) is 13.4. The lowest BCUT2D eigenvalue weighted by Crippen LogP contribution is -2.27. The van der Waals surface area contributed by atoms with Gasteiger partial charge in [-0.15, -0.1) is 23.2 Å². The molecular weight excluding hydrogens is 251 g/mol. The van der Waals surface area contributed by atoms with Crippen LogP contribution in [-0.2, 0) is 0 Å². The summed E-state index contributed by atoms with van der Waals surface area (Å²) in [6.45, 7) is 6.78. The lowest BCUT2D eigenvalue weighted by Gasteiger charge is -2.31. The predicted molar refractivity (Wildman–Crippen MR) is 81.3 cm³/mol. The molecule has 0 heterocycles. The number of alkyl halides is 2. The fraction of sp³-hybridized carbons (Fsp3) is 1.00. The molecule has 0 saturated carbocycles. The van der Waals surface area contributed by atoms with Gasteiger partial charge in [-0.05, 0) is 24.2 Å². The van der Waals surface area contributed by atoms with Crippen LogP contribution in [0.5, 0.6) is 0 Å². The van der Waals surface area contributed by atoms with E-state index < -0.39 is 0 Å². The third-order valence-electron chi connectivity index (χ3n) is 3.47. The Labute approximate surface area is 118 Å². The van der Waals surface area contributed by atoms with Gasteiger partial charge >= 0.3 is 0 Å². The fourth-order valence-corrected chi connectivity index (χ4v) is 3.30. The average molecular weight is 281 g/mol. The average Bonchev–Trinajstić information content (AvgIpc) is 2.31. The zero-order chi connectivity index (χ0) is 13.1. The lowest BCUT2D eigenvalue weighted by molar-refractivity contribution is 0.265. The van der Waals surface area contributed by atoms with Gasteiger partial charge in [-0.3, -0.25) is 0 Å². The normalized spacial score (nSPS) is 12.4. The highest BCUT2D eigenvalue weighted by atomic mass is 35.5. The summed E-state index contributed by atoms with van der Waals surface area (Å²) >= 11 is 12.3. The Balaban J connectivity index is 3.84. The van der Waals surface area contributed by atoms with Crippen molar-refractivity contribution in [2.45, 2.75) is 72.1 Å². The van der Waals surface area contributed by atoms with Crippen LogP contribution in [0.15, 0.2) is 0 Å². The molecule has 0 radical (unpaired) electrons. The van der Waals surface area contributed by atoms with Crippen LogP contribution >= 0.6 is 23.2 Å². The minimum Gasteiger partial charge on any atom is -0.126 e. The van der Waals surface area contributed by atoms with E-state index in [0.717, 1.165) is 6.42 Å². The molecule has 0 aromatic heterocycles. The molecule has 17 heavy (non-hydrogen) atoms. The summed E-state index contributed by atoms with van der Waals surface area (Å²) in [6, 6.07) is 0. The van der Waals surface area contributed by atoms with Gasteiger partial charge in [0.2, 0.25) is 0 Å². The number of hydrogen-bond acceptors (Lipinski definition) is 0. The number of hydrogen-bond donors (Lipinski definition) is 0. The van der Waals surface area contributed by atoms with Crippen LogP contribution < -0.4 is 0 Å². The SMILES string of the molecule is CCCCCCCCC(CCl)(CCl)CC(C)C. The molecular formula is C15H30Cl2. The molecule has 0 saturated heterocycles. The van der Waals surface area contributed by atoms with Gasteiger partial charge < -0.3 is 0 Å². The van der Waals surface area contributed by atoms with Gasteiger partial charge in [0, 0.05) is 11.8 Å². The zero-order valence-electron chi connectivity index (χ0n) is 11.9. The molecule has 2 heteroatoms.